The molecular formula is C22H18N2O2. The van der Waals surface area contributed by atoms with E-state index in [1.54, 1.807) is 4.90 Å². The van der Waals surface area contributed by atoms with Crippen molar-refractivity contribution in [3.05, 3.63) is 71.8 Å². The maximum atomic E-state index is 13.1. The van der Waals surface area contributed by atoms with E-state index in [1.807, 2.05) is 59.5 Å². The summed E-state index contributed by atoms with van der Waals surface area (Å²) in [6.07, 6.45) is 0.853. The van der Waals surface area contributed by atoms with E-state index >= 15 is 0 Å². The van der Waals surface area contributed by atoms with Crippen LogP contribution in [0.15, 0.2) is 60.7 Å². The van der Waals surface area contributed by atoms with E-state index in [2.05, 4.69) is 13.0 Å². The maximum Gasteiger partial charge on any atom is 0.259 e. The highest BCUT2D eigenvalue weighted by molar-refractivity contribution is 6.26. The highest BCUT2D eigenvalue weighted by Gasteiger charge is 2.35. The Hall–Kier alpha value is -3.14. The van der Waals surface area contributed by atoms with Crippen molar-refractivity contribution in [2.75, 3.05) is 16.3 Å². The van der Waals surface area contributed by atoms with Crippen molar-refractivity contribution in [2.45, 2.75) is 19.4 Å². The van der Waals surface area contributed by atoms with E-state index in [9.17, 15) is 9.59 Å². The van der Waals surface area contributed by atoms with Gasteiger partial charge in [0.2, 0.25) is 5.91 Å². The van der Waals surface area contributed by atoms with Crippen LogP contribution in [0.4, 0.5) is 11.4 Å². The van der Waals surface area contributed by atoms with Crippen LogP contribution in [0.1, 0.15) is 22.8 Å². The van der Waals surface area contributed by atoms with Gasteiger partial charge in [0.05, 0.1) is 5.69 Å². The van der Waals surface area contributed by atoms with Crippen molar-refractivity contribution in [3.8, 4) is 0 Å². The molecule has 26 heavy (non-hydrogen) atoms. The smallest absolute Gasteiger partial charge is 0.259 e. The summed E-state index contributed by atoms with van der Waals surface area (Å²) in [7, 11) is 0. The van der Waals surface area contributed by atoms with Crippen molar-refractivity contribution >= 4 is 34.0 Å². The summed E-state index contributed by atoms with van der Waals surface area (Å²) in [6, 6.07) is 19.7. The lowest BCUT2D eigenvalue weighted by Gasteiger charge is -2.26. The predicted octanol–water partition coefficient (Wildman–Crippen LogP) is 3.78. The molecule has 2 heterocycles. The number of anilines is 2. The van der Waals surface area contributed by atoms with Crippen LogP contribution in [-0.2, 0) is 11.2 Å². The van der Waals surface area contributed by atoms with Gasteiger partial charge in [0.15, 0.2) is 0 Å². The molecule has 2 amide bonds. The van der Waals surface area contributed by atoms with Crippen LogP contribution >= 0.6 is 0 Å². The van der Waals surface area contributed by atoms with Gasteiger partial charge < -0.3 is 4.90 Å². The fourth-order valence-electron chi connectivity index (χ4n) is 4.29. The van der Waals surface area contributed by atoms with Gasteiger partial charge in [0.25, 0.3) is 5.91 Å². The molecule has 0 N–H and O–H groups in total. The molecule has 128 valence electrons. The molecule has 0 unspecified atom stereocenters. The lowest BCUT2D eigenvalue weighted by atomic mass is 10.1. The summed E-state index contributed by atoms with van der Waals surface area (Å²) in [5.41, 5.74) is 3.66. The van der Waals surface area contributed by atoms with Crippen LogP contribution in [0.3, 0.4) is 0 Å². The van der Waals surface area contributed by atoms with Crippen LogP contribution in [0.25, 0.3) is 10.8 Å². The van der Waals surface area contributed by atoms with Gasteiger partial charge >= 0.3 is 0 Å². The second-order valence-corrected chi connectivity index (χ2v) is 7.02. The summed E-state index contributed by atoms with van der Waals surface area (Å²) in [4.78, 5) is 29.5. The summed E-state index contributed by atoms with van der Waals surface area (Å²) in [5.74, 6) is -0.133. The van der Waals surface area contributed by atoms with Crippen LogP contribution in [0.5, 0.6) is 0 Å². The fraction of sp³-hybridized carbons (Fsp3) is 0.182. The average Bonchev–Trinajstić information content (AvgIpc) is 3.12. The molecule has 0 saturated carbocycles. The normalized spacial score (nSPS) is 17.9. The lowest BCUT2D eigenvalue weighted by Crippen LogP contribution is -2.44. The molecule has 3 aromatic carbocycles. The molecule has 4 heteroatoms. The monoisotopic (exact) mass is 342 g/mol. The summed E-state index contributed by atoms with van der Waals surface area (Å²) in [6.45, 7) is 2.12. The zero-order chi connectivity index (χ0) is 17.8. The molecule has 0 fully saturated rings. The molecule has 0 saturated heterocycles. The summed E-state index contributed by atoms with van der Waals surface area (Å²) in [5, 5.41) is 1.98. The van der Waals surface area contributed by atoms with Crippen LogP contribution in [0.2, 0.25) is 0 Å². The van der Waals surface area contributed by atoms with E-state index in [1.165, 1.54) is 5.56 Å². The molecule has 0 spiro atoms. The number of nitrogens with zero attached hydrogens (tertiary/aromatic N) is 2. The van der Waals surface area contributed by atoms with E-state index in [0.29, 0.717) is 5.56 Å². The number of hydrogen-bond acceptors (Lipinski definition) is 2. The SMILES string of the molecule is C[C@@H]1Cc2ccccc2N1C(=O)CN1C(=O)c2cccc3cccc1c23. The van der Waals surface area contributed by atoms with E-state index < -0.39 is 0 Å². The molecule has 0 radical (unpaired) electrons. The van der Waals surface area contributed by atoms with Crippen molar-refractivity contribution in [3.63, 3.8) is 0 Å². The molecular weight excluding hydrogens is 324 g/mol. The Morgan fingerprint density at radius 1 is 1.00 bits per heavy atom. The largest absolute Gasteiger partial charge is 0.307 e. The third kappa shape index (κ3) is 2.02. The average molecular weight is 342 g/mol. The van der Waals surface area contributed by atoms with Gasteiger partial charge in [0.1, 0.15) is 6.54 Å². The molecule has 5 rings (SSSR count). The Morgan fingerprint density at radius 2 is 1.73 bits per heavy atom. The number of amides is 2. The van der Waals surface area contributed by atoms with Crippen LogP contribution < -0.4 is 9.80 Å². The highest BCUT2D eigenvalue weighted by Crippen LogP contribution is 2.38. The zero-order valence-electron chi connectivity index (χ0n) is 14.5. The van der Waals surface area contributed by atoms with Crippen molar-refractivity contribution in [1.29, 1.82) is 0 Å². The Bertz CT molecular complexity index is 1070. The second-order valence-electron chi connectivity index (χ2n) is 7.02. The van der Waals surface area contributed by atoms with Crippen molar-refractivity contribution < 1.29 is 9.59 Å². The van der Waals surface area contributed by atoms with E-state index in [-0.39, 0.29) is 24.4 Å². The Morgan fingerprint density at radius 3 is 2.58 bits per heavy atom. The first kappa shape index (κ1) is 15.1. The summed E-state index contributed by atoms with van der Waals surface area (Å²) < 4.78 is 0. The first-order chi connectivity index (χ1) is 12.6. The Labute approximate surface area is 151 Å². The maximum absolute atomic E-state index is 13.1. The topological polar surface area (TPSA) is 40.6 Å². The predicted molar refractivity (Wildman–Crippen MR) is 103 cm³/mol. The Balaban J connectivity index is 1.51. The van der Waals surface area contributed by atoms with Crippen molar-refractivity contribution in [2.24, 2.45) is 0 Å². The molecule has 0 aliphatic carbocycles. The number of hydrogen-bond donors (Lipinski definition) is 0. The summed E-state index contributed by atoms with van der Waals surface area (Å²) >= 11 is 0. The Kier molecular flexibility index (Phi) is 3.16. The number of para-hydroxylation sites is 1. The first-order valence-corrected chi connectivity index (χ1v) is 8.89. The van der Waals surface area contributed by atoms with Gasteiger partial charge in [-0.15, -0.1) is 0 Å². The zero-order valence-corrected chi connectivity index (χ0v) is 14.5. The number of rotatable bonds is 2. The van der Waals surface area contributed by atoms with E-state index in [4.69, 9.17) is 0 Å². The van der Waals surface area contributed by atoms with Gasteiger partial charge in [-0.2, -0.15) is 0 Å². The number of carbonyl (C=O) groups excluding carboxylic acids is 2. The van der Waals surface area contributed by atoms with Gasteiger partial charge in [-0.05, 0) is 42.5 Å². The van der Waals surface area contributed by atoms with Gasteiger partial charge in [-0.25, -0.2) is 0 Å². The molecule has 1 atom stereocenters. The van der Waals surface area contributed by atoms with E-state index in [0.717, 1.165) is 28.6 Å². The lowest BCUT2D eigenvalue weighted by molar-refractivity contribution is -0.117. The highest BCUT2D eigenvalue weighted by atomic mass is 16.2. The van der Waals surface area contributed by atoms with Gasteiger partial charge in [-0.1, -0.05) is 42.5 Å². The quantitative estimate of drug-likeness (QED) is 0.711. The standard InChI is InChI=1S/C22H18N2O2/c1-14-12-16-6-2-3-10-18(16)24(14)20(25)13-23-19-11-5-8-15-7-4-9-17(21(15)19)22(23)26/h2-11,14H,12-13H2,1H3/t14-/m1/s1. The molecule has 0 bridgehead atoms. The second kappa shape index (κ2) is 5.43. The van der Waals surface area contributed by atoms with Crippen LogP contribution in [0, 0.1) is 0 Å². The third-order valence-corrected chi connectivity index (χ3v) is 5.42. The third-order valence-electron chi connectivity index (χ3n) is 5.42. The van der Waals surface area contributed by atoms with Gasteiger partial charge in [0, 0.05) is 22.7 Å². The number of carbonyl (C=O) groups is 2. The molecule has 2 aliphatic rings. The molecule has 0 aromatic heterocycles. The number of fused-ring (bicyclic) bond motifs is 1. The minimum Gasteiger partial charge on any atom is -0.307 e. The molecule has 4 nitrogen and oxygen atoms in total. The molecule has 3 aromatic rings. The first-order valence-electron chi connectivity index (χ1n) is 8.89. The minimum atomic E-state index is -0.0923. The number of benzene rings is 3. The van der Waals surface area contributed by atoms with Gasteiger partial charge in [-0.3, -0.25) is 14.5 Å². The van der Waals surface area contributed by atoms with Crippen molar-refractivity contribution in [1.82, 2.24) is 0 Å². The fourth-order valence-corrected chi connectivity index (χ4v) is 4.29. The molecule has 2 aliphatic heterocycles. The minimum absolute atomic E-state index is 0.0411. The van der Waals surface area contributed by atoms with Crippen LogP contribution in [-0.4, -0.2) is 24.4 Å².